The summed E-state index contributed by atoms with van der Waals surface area (Å²) in [6.45, 7) is 4.93. The molecule has 1 saturated heterocycles. The second-order valence-electron chi connectivity index (χ2n) is 4.22. The van der Waals surface area contributed by atoms with Gasteiger partial charge in [0.15, 0.2) is 0 Å². The number of nitrogens with two attached hydrogens (primary N) is 1. The zero-order valence-corrected chi connectivity index (χ0v) is 9.96. The van der Waals surface area contributed by atoms with Crippen molar-refractivity contribution >= 4 is 15.9 Å². The first-order valence-electron chi connectivity index (χ1n) is 5.11. The number of carbonyl (C=O) groups excluding carboxylic acids is 1. The maximum Gasteiger partial charge on any atom is 0.222 e. The van der Waals surface area contributed by atoms with E-state index in [1.54, 1.807) is 11.8 Å². The summed E-state index contributed by atoms with van der Waals surface area (Å²) in [5.41, 5.74) is 0. The van der Waals surface area contributed by atoms with Crippen LogP contribution in [0.1, 0.15) is 20.3 Å². The van der Waals surface area contributed by atoms with Gasteiger partial charge in [-0.1, -0.05) is 13.8 Å². The molecule has 1 fully saturated rings. The minimum atomic E-state index is -3.43. The lowest BCUT2D eigenvalue weighted by atomic mass is 10.0. The largest absolute Gasteiger partial charge is 0.342 e. The van der Waals surface area contributed by atoms with Crippen LogP contribution in [0.15, 0.2) is 0 Å². The predicted molar refractivity (Wildman–Crippen MR) is 57.5 cm³/mol. The number of rotatable bonds is 3. The first-order chi connectivity index (χ1) is 6.83. The Kier molecular flexibility index (Phi) is 3.72. The van der Waals surface area contributed by atoms with Crippen LogP contribution in [-0.2, 0) is 14.8 Å². The standard InChI is InChI=1S/C9H18N2O3S/c1-3-9(12)11-4-7(2)8(5-11)6-15(10,13)14/h7-8H,3-6H2,1-2H3,(H2,10,13,14). The van der Waals surface area contributed by atoms with Gasteiger partial charge in [-0.05, 0) is 11.8 Å². The number of amides is 1. The molecule has 0 saturated carbocycles. The zero-order chi connectivity index (χ0) is 11.6. The third-order valence-electron chi connectivity index (χ3n) is 2.87. The SMILES string of the molecule is CCC(=O)N1CC(C)C(CS(N)(=O)=O)C1. The second kappa shape index (κ2) is 4.49. The summed E-state index contributed by atoms with van der Waals surface area (Å²) in [5, 5.41) is 5.00. The third kappa shape index (κ3) is 3.46. The van der Waals surface area contributed by atoms with Gasteiger partial charge in [0.2, 0.25) is 15.9 Å². The van der Waals surface area contributed by atoms with Crippen LogP contribution in [0.25, 0.3) is 0 Å². The average Bonchev–Trinajstić information content (AvgIpc) is 2.44. The molecule has 6 heteroatoms. The summed E-state index contributed by atoms with van der Waals surface area (Å²) in [5.74, 6) is 0.245. The van der Waals surface area contributed by atoms with Crippen LogP contribution >= 0.6 is 0 Å². The topological polar surface area (TPSA) is 80.5 Å². The number of hydrogen-bond acceptors (Lipinski definition) is 3. The van der Waals surface area contributed by atoms with Gasteiger partial charge >= 0.3 is 0 Å². The number of carbonyl (C=O) groups is 1. The molecule has 2 unspecified atom stereocenters. The van der Waals surface area contributed by atoms with E-state index in [1.165, 1.54) is 0 Å². The lowest BCUT2D eigenvalue weighted by Gasteiger charge is -2.14. The first-order valence-corrected chi connectivity index (χ1v) is 6.83. The molecule has 0 aliphatic carbocycles. The van der Waals surface area contributed by atoms with Gasteiger partial charge in [-0.2, -0.15) is 0 Å². The Bertz CT molecular complexity index is 339. The van der Waals surface area contributed by atoms with E-state index >= 15 is 0 Å². The highest BCUT2D eigenvalue weighted by Gasteiger charge is 2.33. The van der Waals surface area contributed by atoms with Crippen molar-refractivity contribution in [3.63, 3.8) is 0 Å². The summed E-state index contributed by atoms with van der Waals surface area (Å²) in [6, 6.07) is 0. The Balaban J connectivity index is 2.61. The van der Waals surface area contributed by atoms with E-state index in [9.17, 15) is 13.2 Å². The number of hydrogen-bond donors (Lipinski definition) is 1. The van der Waals surface area contributed by atoms with E-state index in [4.69, 9.17) is 5.14 Å². The third-order valence-corrected chi connectivity index (χ3v) is 3.76. The number of primary sulfonamides is 1. The van der Waals surface area contributed by atoms with Gasteiger partial charge in [-0.25, -0.2) is 13.6 Å². The van der Waals surface area contributed by atoms with Crippen molar-refractivity contribution in [1.29, 1.82) is 0 Å². The molecule has 0 spiro atoms. The van der Waals surface area contributed by atoms with Crippen molar-refractivity contribution in [2.45, 2.75) is 20.3 Å². The van der Waals surface area contributed by atoms with Crippen LogP contribution in [0.5, 0.6) is 0 Å². The van der Waals surface area contributed by atoms with Crippen molar-refractivity contribution in [1.82, 2.24) is 4.90 Å². The Morgan fingerprint density at radius 3 is 2.53 bits per heavy atom. The molecule has 1 rings (SSSR count). The summed E-state index contributed by atoms with van der Waals surface area (Å²) >= 11 is 0. The number of nitrogens with zero attached hydrogens (tertiary/aromatic N) is 1. The van der Waals surface area contributed by atoms with Gasteiger partial charge in [0.1, 0.15) is 0 Å². The van der Waals surface area contributed by atoms with Crippen molar-refractivity contribution in [3.8, 4) is 0 Å². The van der Waals surface area contributed by atoms with Crippen molar-refractivity contribution in [2.24, 2.45) is 17.0 Å². The molecule has 1 amide bonds. The molecule has 2 atom stereocenters. The first kappa shape index (κ1) is 12.4. The summed E-state index contributed by atoms with van der Waals surface area (Å²) < 4.78 is 21.9. The van der Waals surface area contributed by atoms with E-state index < -0.39 is 10.0 Å². The van der Waals surface area contributed by atoms with Gasteiger partial charge in [-0.15, -0.1) is 0 Å². The minimum Gasteiger partial charge on any atom is -0.342 e. The van der Waals surface area contributed by atoms with Gasteiger partial charge in [0.05, 0.1) is 5.75 Å². The van der Waals surface area contributed by atoms with Crippen LogP contribution in [0.4, 0.5) is 0 Å². The molecule has 0 aromatic carbocycles. The van der Waals surface area contributed by atoms with E-state index in [0.717, 1.165) is 0 Å². The van der Waals surface area contributed by atoms with E-state index in [-0.39, 0.29) is 23.5 Å². The predicted octanol–water partition coefficient (Wildman–Crippen LogP) is -0.221. The molecule has 15 heavy (non-hydrogen) atoms. The maximum atomic E-state index is 11.4. The van der Waals surface area contributed by atoms with Crippen molar-refractivity contribution < 1.29 is 13.2 Å². The van der Waals surface area contributed by atoms with E-state index in [0.29, 0.717) is 19.5 Å². The van der Waals surface area contributed by atoms with Gasteiger partial charge in [0, 0.05) is 19.5 Å². The molecule has 0 radical (unpaired) electrons. The second-order valence-corrected chi connectivity index (χ2v) is 5.88. The summed E-state index contributed by atoms with van der Waals surface area (Å²) in [6.07, 6.45) is 0.467. The molecule has 0 aromatic heterocycles. The highest BCUT2D eigenvalue weighted by atomic mass is 32.2. The summed E-state index contributed by atoms with van der Waals surface area (Å²) in [4.78, 5) is 13.1. The van der Waals surface area contributed by atoms with Gasteiger partial charge in [0.25, 0.3) is 0 Å². The number of sulfonamides is 1. The highest BCUT2D eigenvalue weighted by molar-refractivity contribution is 7.89. The van der Waals surface area contributed by atoms with E-state index in [2.05, 4.69) is 0 Å². The van der Waals surface area contributed by atoms with Crippen LogP contribution < -0.4 is 5.14 Å². The lowest BCUT2D eigenvalue weighted by Crippen LogP contribution is -2.30. The summed E-state index contributed by atoms with van der Waals surface area (Å²) in [7, 11) is -3.43. The Morgan fingerprint density at radius 1 is 1.47 bits per heavy atom. The fourth-order valence-electron chi connectivity index (χ4n) is 1.98. The fraction of sp³-hybridized carbons (Fsp3) is 0.889. The molecule has 5 nitrogen and oxygen atoms in total. The Hall–Kier alpha value is -0.620. The van der Waals surface area contributed by atoms with Crippen molar-refractivity contribution in [3.05, 3.63) is 0 Å². The molecular formula is C9H18N2O3S. The Morgan fingerprint density at radius 2 is 2.07 bits per heavy atom. The van der Waals surface area contributed by atoms with Gasteiger partial charge < -0.3 is 4.90 Å². The smallest absolute Gasteiger partial charge is 0.222 e. The number of likely N-dealkylation sites (tertiary alicyclic amines) is 1. The monoisotopic (exact) mass is 234 g/mol. The van der Waals surface area contributed by atoms with Crippen molar-refractivity contribution in [2.75, 3.05) is 18.8 Å². The van der Waals surface area contributed by atoms with E-state index in [1.807, 2.05) is 6.92 Å². The molecule has 0 aromatic rings. The fourth-order valence-corrected chi connectivity index (χ4v) is 3.01. The normalized spacial score (nSPS) is 27.0. The quantitative estimate of drug-likeness (QED) is 0.733. The highest BCUT2D eigenvalue weighted by Crippen LogP contribution is 2.24. The molecule has 1 aliphatic heterocycles. The molecule has 1 aliphatic rings. The van der Waals surface area contributed by atoms with Crippen LogP contribution in [0.3, 0.4) is 0 Å². The van der Waals surface area contributed by atoms with Crippen LogP contribution in [0, 0.1) is 11.8 Å². The van der Waals surface area contributed by atoms with Gasteiger partial charge in [-0.3, -0.25) is 4.79 Å². The van der Waals surface area contributed by atoms with Crippen LogP contribution in [0.2, 0.25) is 0 Å². The molecule has 2 N–H and O–H groups in total. The lowest BCUT2D eigenvalue weighted by molar-refractivity contribution is -0.130. The average molecular weight is 234 g/mol. The molecule has 1 heterocycles. The van der Waals surface area contributed by atoms with Crippen LogP contribution in [-0.4, -0.2) is 38.1 Å². The minimum absolute atomic E-state index is 0.0181. The molecule has 0 bridgehead atoms. The maximum absolute atomic E-state index is 11.4. The molecule has 88 valence electrons. The Labute approximate surface area is 90.7 Å². The zero-order valence-electron chi connectivity index (χ0n) is 9.14. The molecular weight excluding hydrogens is 216 g/mol.